The first kappa shape index (κ1) is 28.2. The molecule has 0 aromatic heterocycles. The zero-order chi connectivity index (χ0) is 27.8. The molecule has 0 aliphatic heterocycles. The summed E-state index contributed by atoms with van der Waals surface area (Å²) in [6, 6.07) is 12.1. The Labute approximate surface area is 216 Å². The number of carbonyl (C=O) groups is 1. The number of carbonyl (C=O) groups excluding carboxylic acids is 1. The van der Waals surface area contributed by atoms with Crippen molar-refractivity contribution >= 4 is 31.3 Å². The highest BCUT2D eigenvalue weighted by Gasteiger charge is 2.39. The van der Waals surface area contributed by atoms with Crippen LogP contribution in [0.1, 0.15) is 47.8 Å². The van der Waals surface area contributed by atoms with E-state index in [9.17, 15) is 22.4 Å². The molecule has 0 unspecified atom stereocenters. The van der Waals surface area contributed by atoms with E-state index < -0.39 is 31.8 Å². The minimum absolute atomic E-state index is 0.0118. The van der Waals surface area contributed by atoms with Gasteiger partial charge in [0.05, 0.1) is 16.8 Å². The van der Waals surface area contributed by atoms with E-state index in [4.69, 9.17) is 4.43 Å². The van der Waals surface area contributed by atoms with Crippen molar-refractivity contribution < 1.29 is 26.8 Å². The van der Waals surface area contributed by atoms with Gasteiger partial charge in [-0.2, -0.15) is 13.2 Å². The minimum Gasteiger partial charge on any atom is -0.543 e. The number of benzene rings is 3. The van der Waals surface area contributed by atoms with E-state index in [1.165, 1.54) is 18.2 Å². The number of hydrogen-bond donors (Lipinski definition) is 2. The number of halogens is 4. The predicted octanol–water partition coefficient (Wildman–Crippen LogP) is 8.84. The van der Waals surface area contributed by atoms with Crippen molar-refractivity contribution in [2.45, 2.75) is 58.9 Å². The highest BCUT2D eigenvalue weighted by molar-refractivity contribution is 6.74. The van der Waals surface area contributed by atoms with E-state index in [0.29, 0.717) is 22.7 Å². The van der Waals surface area contributed by atoms with Crippen molar-refractivity contribution in [2.24, 2.45) is 0 Å². The highest BCUT2D eigenvalue weighted by Crippen LogP contribution is 2.38. The molecule has 0 radical (unpaired) electrons. The summed E-state index contributed by atoms with van der Waals surface area (Å²) in [5.41, 5.74) is 1.19. The lowest BCUT2D eigenvalue weighted by atomic mass is 10.1. The molecule has 9 heteroatoms. The molecule has 0 saturated carbocycles. The van der Waals surface area contributed by atoms with Crippen LogP contribution in [0.15, 0.2) is 54.6 Å². The van der Waals surface area contributed by atoms with Gasteiger partial charge < -0.3 is 15.1 Å². The number of nitrogens with one attached hydrogen (secondary N) is 2. The zero-order valence-electron chi connectivity index (χ0n) is 22.0. The van der Waals surface area contributed by atoms with Crippen LogP contribution in [0.4, 0.5) is 34.6 Å². The number of amides is 1. The van der Waals surface area contributed by atoms with Crippen molar-refractivity contribution in [1.82, 2.24) is 0 Å². The van der Waals surface area contributed by atoms with Crippen LogP contribution < -0.4 is 15.1 Å². The summed E-state index contributed by atoms with van der Waals surface area (Å²) >= 11 is 0. The maximum Gasteiger partial charge on any atom is 0.416 e. The Morgan fingerprint density at radius 3 is 2.03 bits per heavy atom. The molecule has 0 heterocycles. The predicted molar refractivity (Wildman–Crippen MR) is 143 cm³/mol. The fourth-order valence-electron chi connectivity index (χ4n) is 3.41. The van der Waals surface area contributed by atoms with Gasteiger partial charge in [0.2, 0.25) is 8.32 Å². The molecule has 0 saturated heterocycles. The van der Waals surface area contributed by atoms with E-state index in [2.05, 4.69) is 44.5 Å². The van der Waals surface area contributed by atoms with Gasteiger partial charge in [0, 0.05) is 11.4 Å². The van der Waals surface area contributed by atoms with Gasteiger partial charge in [0.25, 0.3) is 5.91 Å². The first-order valence-corrected chi connectivity index (χ1v) is 14.7. The zero-order valence-corrected chi connectivity index (χ0v) is 23.0. The molecule has 3 aromatic carbocycles. The van der Waals surface area contributed by atoms with Gasteiger partial charge in [-0.15, -0.1) is 0 Å². The van der Waals surface area contributed by atoms with E-state index in [0.717, 1.165) is 23.8 Å². The number of anilines is 3. The lowest BCUT2D eigenvalue weighted by Gasteiger charge is -2.36. The second-order valence-electron chi connectivity index (χ2n) is 10.6. The van der Waals surface area contributed by atoms with E-state index in [-0.39, 0.29) is 16.3 Å². The number of alkyl halides is 3. The quantitative estimate of drug-likeness (QED) is 0.246. The Balaban J connectivity index is 1.91. The molecule has 37 heavy (non-hydrogen) atoms. The summed E-state index contributed by atoms with van der Waals surface area (Å²) in [7, 11) is -2.06. The Morgan fingerprint density at radius 1 is 0.838 bits per heavy atom. The summed E-state index contributed by atoms with van der Waals surface area (Å²) in [4.78, 5) is 13.2. The largest absolute Gasteiger partial charge is 0.543 e. The summed E-state index contributed by atoms with van der Waals surface area (Å²) in [5.74, 6) is -0.357. The van der Waals surface area contributed by atoms with Crippen molar-refractivity contribution in [3.8, 4) is 5.75 Å². The third kappa shape index (κ3) is 6.71. The molecule has 2 N–H and O–H groups in total. The summed E-state index contributed by atoms with van der Waals surface area (Å²) in [5, 5.41) is 5.67. The molecule has 3 rings (SSSR count). The Kier molecular flexibility index (Phi) is 7.79. The number of aryl methyl sites for hydroxylation is 2. The highest BCUT2D eigenvalue weighted by atomic mass is 28.4. The normalized spacial score (nSPS) is 12.3. The van der Waals surface area contributed by atoms with Crippen LogP contribution in [0.2, 0.25) is 18.1 Å². The summed E-state index contributed by atoms with van der Waals surface area (Å²) < 4.78 is 60.1. The third-order valence-electron chi connectivity index (χ3n) is 6.67. The molecule has 0 bridgehead atoms. The van der Waals surface area contributed by atoms with Gasteiger partial charge in [-0.25, -0.2) is 4.39 Å². The van der Waals surface area contributed by atoms with Crippen LogP contribution in [0.5, 0.6) is 5.75 Å². The van der Waals surface area contributed by atoms with Crippen LogP contribution in [0.3, 0.4) is 0 Å². The summed E-state index contributed by atoms with van der Waals surface area (Å²) in [6.45, 7) is 14.1. The molecule has 0 aliphatic carbocycles. The first-order chi connectivity index (χ1) is 17.0. The number of hydrogen-bond acceptors (Lipinski definition) is 3. The molecule has 0 aliphatic rings. The van der Waals surface area contributed by atoms with Crippen LogP contribution in [-0.4, -0.2) is 14.2 Å². The maximum absolute atomic E-state index is 13.5. The summed E-state index contributed by atoms with van der Waals surface area (Å²) in [6.07, 6.45) is -4.60. The second kappa shape index (κ2) is 10.2. The lowest BCUT2D eigenvalue weighted by molar-refractivity contribution is -0.137. The molecule has 3 aromatic rings. The van der Waals surface area contributed by atoms with Gasteiger partial charge in [-0.05, 0) is 97.7 Å². The molecule has 0 spiro atoms. The molecule has 0 atom stereocenters. The lowest BCUT2D eigenvalue weighted by Crippen LogP contribution is -2.43. The van der Waals surface area contributed by atoms with Crippen molar-refractivity contribution in [3.05, 3.63) is 82.7 Å². The maximum atomic E-state index is 13.5. The average molecular weight is 533 g/mol. The van der Waals surface area contributed by atoms with Crippen LogP contribution in [-0.2, 0) is 6.18 Å². The average Bonchev–Trinajstić information content (AvgIpc) is 2.76. The molecule has 1 amide bonds. The van der Waals surface area contributed by atoms with Crippen molar-refractivity contribution in [1.29, 1.82) is 0 Å². The smallest absolute Gasteiger partial charge is 0.416 e. The van der Waals surface area contributed by atoms with Gasteiger partial charge >= 0.3 is 6.18 Å². The Hall–Kier alpha value is -3.33. The Morgan fingerprint density at radius 2 is 1.46 bits per heavy atom. The second-order valence-corrected chi connectivity index (χ2v) is 15.4. The van der Waals surface area contributed by atoms with Crippen LogP contribution >= 0.6 is 0 Å². The topological polar surface area (TPSA) is 50.4 Å². The van der Waals surface area contributed by atoms with Gasteiger partial charge in [0.15, 0.2) is 0 Å². The molecule has 4 nitrogen and oxygen atoms in total. The molecular weight excluding hydrogens is 500 g/mol. The van der Waals surface area contributed by atoms with Crippen LogP contribution in [0, 0.1) is 19.7 Å². The van der Waals surface area contributed by atoms with Crippen LogP contribution in [0.25, 0.3) is 0 Å². The van der Waals surface area contributed by atoms with Gasteiger partial charge in [0.1, 0.15) is 11.6 Å². The Bertz CT molecular complexity index is 1310. The van der Waals surface area contributed by atoms with Crippen molar-refractivity contribution in [2.75, 3.05) is 10.6 Å². The van der Waals surface area contributed by atoms with Crippen molar-refractivity contribution in [3.63, 3.8) is 0 Å². The molecular formula is C28H32F4N2O2Si. The SMILES string of the molecule is Cc1cc(O[Si](C)(C)C(C)(C)C)ccc1NC(=O)c1ccc(C(F)(F)F)cc1Nc1ccc(F)cc1C. The molecule has 0 fully saturated rings. The fourth-order valence-corrected chi connectivity index (χ4v) is 4.43. The fraction of sp³-hybridized carbons (Fsp3) is 0.321. The first-order valence-electron chi connectivity index (χ1n) is 11.8. The number of rotatable bonds is 6. The van der Waals surface area contributed by atoms with Gasteiger partial charge in [-0.1, -0.05) is 20.8 Å². The minimum atomic E-state index is -4.60. The molecule has 198 valence electrons. The van der Waals surface area contributed by atoms with E-state index in [1.54, 1.807) is 19.1 Å². The van der Waals surface area contributed by atoms with E-state index in [1.807, 2.05) is 13.0 Å². The third-order valence-corrected chi connectivity index (χ3v) is 11.0. The van der Waals surface area contributed by atoms with Gasteiger partial charge in [-0.3, -0.25) is 4.79 Å². The standard InChI is InChI=1S/C28H32F4N2O2Si/c1-17-14-20(29)9-12-23(17)33-25-16-19(28(30,31)32)8-11-22(25)26(35)34-24-13-10-21(15-18(24)2)36-37(6,7)27(3,4)5/h8-16,33H,1-7H3,(H,34,35). The monoisotopic (exact) mass is 532 g/mol. The van der Waals surface area contributed by atoms with E-state index >= 15 is 0 Å².